The molecule has 0 aliphatic heterocycles. The Morgan fingerprint density at radius 2 is 1.90 bits per heavy atom. The monoisotopic (exact) mass is 292 g/mol. The average Bonchev–Trinajstić information content (AvgIpc) is 2.92. The van der Waals surface area contributed by atoms with Crippen LogP contribution in [0.2, 0.25) is 0 Å². The molecule has 1 aliphatic carbocycles. The zero-order valence-electron chi connectivity index (χ0n) is 13.9. The van der Waals surface area contributed by atoms with E-state index in [4.69, 9.17) is 0 Å². The molecule has 0 saturated heterocycles. The molecule has 0 unspecified atom stereocenters. The van der Waals surface area contributed by atoms with Gasteiger partial charge in [0.15, 0.2) is 0 Å². The lowest BCUT2D eigenvalue weighted by molar-refractivity contribution is 0.423. The molecule has 1 aromatic rings. The minimum absolute atomic E-state index is 0.0500. The van der Waals surface area contributed by atoms with Gasteiger partial charge in [-0.05, 0) is 58.2 Å². The van der Waals surface area contributed by atoms with Gasteiger partial charge >= 0.3 is 0 Å². The van der Waals surface area contributed by atoms with Gasteiger partial charge in [-0.1, -0.05) is 18.9 Å². The van der Waals surface area contributed by atoms with E-state index < -0.39 is 0 Å². The van der Waals surface area contributed by atoms with Crippen molar-refractivity contribution in [1.29, 1.82) is 0 Å². The van der Waals surface area contributed by atoms with Gasteiger partial charge in [-0.25, -0.2) is 4.39 Å². The Bertz CT molecular complexity index is 459. The summed E-state index contributed by atoms with van der Waals surface area (Å²) in [6.45, 7) is 10.1. The Morgan fingerprint density at radius 3 is 2.43 bits per heavy atom. The van der Waals surface area contributed by atoms with Gasteiger partial charge in [0.1, 0.15) is 5.82 Å². The Labute approximate surface area is 128 Å². The summed E-state index contributed by atoms with van der Waals surface area (Å²) in [5.41, 5.74) is 1.83. The zero-order chi connectivity index (χ0) is 15.5. The molecule has 0 bridgehead atoms. The van der Waals surface area contributed by atoms with Gasteiger partial charge in [-0.2, -0.15) is 0 Å². The van der Waals surface area contributed by atoms with Gasteiger partial charge in [0.25, 0.3) is 0 Å². The number of hydrogen-bond donors (Lipinski definition) is 1. The van der Waals surface area contributed by atoms with E-state index in [-0.39, 0.29) is 11.4 Å². The van der Waals surface area contributed by atoms with Crippen LogP contribution in [0.3, 0.4) is 0 Å². The standard InChI is InChI=1S/C18H29FN2/c1-5-21(15-8-6-7-9-15)17-11-10-14(12-16(17)19)13-20-18(2,3)4/h10-12,15,20H,5-9,13H2,1-4H3. The minimum atomic E-state index is -0.0861. The lowest BCUT2D eigenvalue weighted by Gasteiger charge is -2.30. The predicted molar refractivity (Wildman–Crippen MR) is 88.3 cm³/mol. The van der Waals surface area contributed by atoms with Crippen LogP contribution in [0.1, 0.15) is 58.9 Å². The molecule has 1 saturated carbocycles. The van der Waals surface area contributed by atoms with Crippen LogP contribution in [0.5, 0.6) is 0 Å². The first-order valence-corrected chi connectivity index (χ1v) is 8.21. The van der Waals surface area contributed by atoms with Crippen LogP contribution in [0.15, 0.2) is 18.2 Å². The van der Waals surface area contributed by atoms with Gasteiger partial charge in [-0.15, -0.1) is 0 Å². The fraction of sp³-hybridized carbons (Fsp3) is 0.667. The fourth-order valence-corrected chi connectivity index (χ4v) is 3.10. The van der Waals surface area contributed by atoms with Crippen LogP contribution in [0, 0.1) is 5.82 Å². The third-order valence-electron chi connectivity index (χ3n) is 4.25. The first-order valence-electron chi connectivity index (χ1n) is 8.21. The van der Waals surface area contributed by atoms with Crippen molar-refractivity contribution in [3.05, 3.63) is 29.6 Å². The SMILES string of the molecule is CCN(c1ccc(CNC(C)(C)C)cc1F)C1CCCC1. The summed E-state index contributed by atoms with van der Waals surface area (Å²) in [6.07, 6.45) is 4.94. The van der Waals surface area contributed by atoms with Gasteiger partial charge in [-0.3, -0.25) is 0 Å². The van der Waals surface area contributed by atoms with Gasteiger partial charge in [0.05, 0.1) is 5.69 Å². The number of benzene rings is 1. The molecule has 1 aromatic carbocycles. The molecule has 1 aliphatic rings. The molecule has 0 spiro atoms. The van der Waals surface area contributed by atoms with E-state index in [2.05, 4.69) is 44.0 Å². The maximum atomic E-state index is 14.5. The molecule has 2 rings (SSSR count). The second-order valence-corrected chi connectivity index (χ2v) is 7.11. The van der Waals surface area contributed by atoms with Crippen molar-refractivity contribution in [1.82, 2.24) is 5.32 Å². The maximum absolute atomic E-state index is 14.5. The van der Waals surface area contributed by atoms with E-state index >= 15 is 0 Å². The van der Waals surface area contributed by atoms with E-state index in [1.165, 1.54) is 25.7 Å². The highest BCUT2D eigenvalue weighted by atomic mass is 19.1. The molecule has 2 nitrogen and oxygen atoms in total. The molecule has 0 heterocycles. The van der Waals surface area contributed by atoms with Gasteiger partial charge < -0.3 is 10.2 Å². The quantitative estimate of drug-likeness (QED) is 0.860. The predicted octanol–water partition coefficient (Wildman–Crippen LogP) is 4.48. The van der Waals surface area contributed by atoms with E-state index in [9.17, 15) is 4.39 Å². The molecule has 0 atom stereocenters. The topological polar surface area (TPSA) is 15.3 Å². The maximum Gasteiger partial charge on any atom is 0.146 e. The molecular formula is C18H29FN2. The summed E-state index contributed by atoms with van der Waals surface area (Å²) in [6, 6.07) is 6.21. The highest BCUT2D eigenvalue weighted by Crippen LogP contribution is 2.30. The molecular weight excluding hydrogens is 263 g/mol. The highest BCUT2D eigenvalue weighted by Gasteiger charge is 2.23. The third-order valence-corrected chi connectivity index (χ3v) is 4.25. The summed E-state index contributed by atoms with van der Waals surface area (Å²) in [5, 5.41) is 3.40. The molecule has 0 radical (unpaired) electrons. The van der Waals surface area contributed by atoms with Crippen LogP contribution in [0.25, 0.3) is 0 Å². The normalized spacial score (nSPS) is 16.4. The van der Waals surface area contributed by atoms with Crippen molar-refractivity contribution < 1.29 is 4.39 Å². The summed E-state index contributed by atoms with van der Waals surface area (Å²) in [5.74, 6) is -0.0861. The van der Waals surface area contributed by atoms with Crippen LogP contribution >= 0.6 is 0 Å². The van der Waals surface area contributed by atoms with Crippen molar-refractivity contribution in [3.63, 3.8) is 0 Å². The van der Waals surface area contributed by atoms with Crippen molar-refractivity contribution in [3.8, 4) is 0 Å². The molecule has 1 fully saturated rings. The third kappa shape index (κ3) is 4.44. The molecule has 21 heavy (non-hydrogen) atoms. The largest absolute Gasteiger partial charge is 0.366 e. The smallest absolute Gasteiger partial charge is 0.146 e. The van der Waals surface area contributed by atoms with E-state index in [1.54, 1.807) is 6.07 Å². The number of nitrogens with zero attached hydrogens (tertiary/aromatic N) is 1. The summed E-state index contributed by atoms with van der Waals surface area (Å²) in [7, 11) is 0. The summed E-state index contributed by atoms with van der Waals surface area (Å²) < 4.78 is 14.5. The van der Waals surface area contributed by atoms with Crippen LogP contribution < -0.4 is 10.2 Å². The molecule has 0 aromatic heterocycles. The second kappa shape index (κ2) is 6.78. The molecule has 118 valence electrons. The van der Waals surface area contributed by atoms with E-state index in [1.807, 2.05) is 6.07 Å². The van der Waals surface area contributed by atoms with E-state index in [0.29, 0.717) is 12.6 Å². The van der Waals surface area contributed by atoms with Crippen molar-refractivity contribution in [2.24, 2.45) is 0 Å². The number of halogens is 1. The molecule has 1 N–H and O–H groups in total. The zero-order valence-corrected chi connectivity index (χ0v) is 13.9. The minimum Gasteiger partial charge on any atom is -0.366 e. The second-order valence-electron chi connectivity index (χ2n) is 7.11. The molecule has 0 amide bonds. The highest BCUT2D eigenvalue weighted by molar-refractivity contribution is 5.50. The first kappa shape index (κ1) is 16.3. The van der Waals surface area contributed by atoms with E-state index in [0.717, 1.165) is 17.8 Å². The Hall–Kier alpha value is -1.09. The Morgan fingerprint density at radius 1 is 1.24 bits per heavy atom. The summed E-state index contributed by atoms with van der Waals surface area (Å²) in [4.78, 5) is 2.24. The first-order chi connectivity index (χ1) is 9.90. The molecule has 3 heteroatoms. The van der Waals surface area contributed by atoms with Gasteiger partial charge in [0.2, 0.25) is 0 Å². The lowest BCUT2D eigenvalue weighted by atomic mass is 10.1. The lowest BCUT2D eigenvalue weighted by Crippen LogP contribution is -2.35. The van der Waals surface area contributed by atoms with Crippen molar-refractivity contribution >= 4 is 5.69 Å². The Kier molecular flexibility index (Phi) is 5.26. The van der Waals surface area contributed by atoms with Crippen molar-refractivity contribution in [2.75, 3.05) is 11.4 Å². The van der Waals surface area contributed by atoms with Crippen molar-refractivity contribution in [2.45, 2.75) is 71.5 Å². The number of anilines is 1. The number of nitrogens with one attached hydrogen (secondary N) is 1. The summed E-state index contributed by atoms with van der Waals surface area (Å²) >= 11 is 0. The number of rotatable bonds is 5. The average molecular weight is 292 g/mol. The van der Waals surface area contributed by atoms with Gasteiger partial charge in [0, 0.05) is 24.7 Å². The number of hydrogen-bond acceptors (Lipinski definition) is 2. The van der Waals surface area contributed by atoms with Crippen LogP contribution in [-0.4, -0.2) is 18.1 Å². The fourth-order valence-electron chi connectivity index (χ4n) is 3.10. The van der Waals surface area contributed by atoms with Crippen LogP contribution in [-0.2, 0) is 6.54 Å². The van der Waals surface area contributed by atoms with Crippen LogP contribution in [0.4, 0.5) is 10.1 Å². The Balaban J connectivity index is 2.10.